The summed E-state index contributed by atoms with van der Waals surface area (Å²) in [7, 11) is 0. The molecule has 0 unspecified atom stereocenters. The van der Waals surface area contributed by atoms with Crippen molar-refractivity contribution in [1.82, 2.24) is 0 Å². The summed E-state index contributed by atoms with van der Waals surface area (Å²) in [5.41, 5.74) is 1.73. The SMILES string of the molecule is Cc1ccc(NC(=O)[C@H]2[C@@H](C(=O)O)[C@H]3CC[C@@H]2O3)c(Br)c1. The van der Waals surface area contributed by atoms with Crippen molar-refractivity contribution < 1.29 is 19.4 Å². The zero-order valence-electron chi connectivity index (χ0n) is 11.5. The van der Waals surface area contributed by atoms with E-state index in [4.69, 9.17) is 4.74 Å². The first-order valence-corrected chi connectivity index (χ1v) is 7.72. The molecule has 21 heavy (non-hydrogen) atoms. The molecule has 1 aromatic rings. The molecule has 3 rings (SSSR count). The molecule has 0 spiro atoms. The second kappa shape index (κ2) is 5.42. The molecule has 2 aliphatic heterocycles. The molecular formula is C15H16BrNO4. The molecule has 0 radical (unpaired) electrons. The van der Waals surface area contributed by atoms with Crippen LogP contribution in [0.1, 0.15) is 18.4 Å². The molecule has 0 aromatic heterocycles. The fraction of sp³-hybridized carbons (Fsp3) is 0.467. The van der Waals surface area contributed by atoms with Gasteiger partial charge in [0.15, 0.2) is 0 Å². The Morgan fingerprint density at radius 1 is 1.29 bits per heavy atom. The summed E-state index contributed by atoms with van der Waals surface area (Å²) >= 11 is 3.41. The molecule has 0 saturated carbocycles. The lowest BCUT2D eigenvalue weighted by molar-refractivity contribution is -0.147. The zero-order valence-corrected chi connectivity index (χ0v) is 13.1. The molecule has 2 heterocycles. The highest BCUT2D eigenvalue weighted by Gasteiger charge is 2.55. The maximum absolute atomic E-state index is 12.5. The van der Waals surface area contributed by atoms with Gasteiger partial charge in [0.1, 0.15) is 0 Å². The summed E-state index contributed by atoms with van der Waals surface area (Å²) in [4.78, 5) is 23.9. The van der Waals surface area contributed by atoms with Crippen LogP contribution in [-0.4, -0.2) is 29.2 Å². The monoisotopic (exact) mass is 353 g/mol. The molecule has 1 aromatic carbocycles. The van der Waals surface area contributed by atoms with Gasteiger partial charge in [-0.25, -0.2) is 0 Å². The largest absolute Gasteiger partial charge is 0.481 e. The van der Waals surface area contributed by atoms with E-state index in [1.807, 2.05) is 19.1 Å². The van der Waals surface area contributed by atoms with Crippen molar-refractivity contribution in [2.45, 2.75) is 32.0 Å². The number of nitrogens with one attached hydrogen (secondary N) is 1. The molecule has 2 aliphatic rings. The summed E-state index contributed by atoms with van der Waals surface area (Å²) in [5, 5.41) is 12.2. The molecule has 6 heteroatoms. The summed E-state index contributed by atoms with van der Waals surface area (Å²) in [5.74, 6) is -2.59. The number of aryl methyl sites for hydroxylation is 1. The molecule has 5 nitrogen and oxygen atoms in total. The van der Waals surface area contributed by atoms with E-state index in [0.29, 0.717) is 5.69 Å². The van der Waals surface area contributed by atoms with Gasteiger partial charge < -0.3 is 15.2 Å². The summed E-state index contributed by atoms with van der Waals surface area (Å²) in [6.45, 7) is 1.96. The van der Waals surface area contributed by atoms with E-state index in [1.54, 1.807) is 6.07 Å². The second-order valence-electron chi connectivity index (χ2n) is 5.65. The van der Waals surface area contributed by atoms with Gasteiger partial charge in [0.25, 0.3) is 0 Å². The Morgan fingerprint density at radius 3 is 2.57 bits per heavy atom. The minimum absolute atomic E-state index is 0.277. The number of benzene rings is 1. The lowest BCUT2D eigenvalue weighted by Crippen LogP contribution is -2.41. The van der Waals surface area contributed by atoms with Crippen LogP contribution in [0.3, 0.4) is 0 Å². The average Bonchev–Trinajstić information content (AvgIpc) is 3.02. The van der Waals surface area contributed by atoms with E-state index in [-0.39, 0.29) is 18.1 Å². The third-order valence-electron chi connectivity index (χ3n) is 4.24. The van der Waals surface area contributed by atoms with Crippen LogP contribution in [0.2, 0.25) is 0 Å². The zero-order chi connectivity index (χ0) is 15.1. The fourth-order valence-corrected chi connectivity index (χ4v) is 3.85. The highest BCUT2D eigenvalue weighted by atomic mass is 79.9. The van der Waals surface area contributed by atoms with Crippen LogP contribution in [0, 0.1) is 18.8 Å². The van der Waals surface area contributed by atoms with Gasteiger partial charge in [-0.15, -0.1) is 0 Å². The van der Waals surface area contributed by atoms with Crippen molar-refractivity contribution in [2.24, 2.45) is 11.8 Å². The number of amides is 1. The highest BCUT2D eigenvalue weighted by Crippen LogP contribution is 2.44. The van der Waals surface area contributed by atoms with Crippen LogP contribution in [-0.2, 0) is 14.3 Å². The third-order valence-corrected chi connectivity index (χ3v) is 4.90. The quantitative estimate of drug-likeness (QED) is 0.875. The number of carboxylic acid groups (broad SMARTS) is 1. The van der Waals surface area contributed by atoms with E-state index in [1.165, 1.54) is 0 Å². The van der Waals surface area contributed by atoms with E-state index >= 15 is 0 Å². The van der Waals surface area contributed by atoms with Gasteiger partial charge in [0.05, 0.1) is 29.7 Å². The van der Waals surface area contributed by atoms with Crippen molar-refractivity contribution in [3.8, 4) is 0 Å². The Hall–Kier alpha value is -1.40. The molecule has 112 valence electrons. The van der Waals surface area contributed by atoms with Gasteiger partial charge >= 0.3 is 5.97 Å². The normalized spacial score (nSPS) is 30.4. The lowest BCUT2D eigenvalue weighted by Gasteiger charge is -2.24. The van der Waals surface area contributed by atoms with E-state index in [0.717, 1.165) is 22.9 Å². The Balaban J connectivity index is 1.80. The van der Waals surface area contributed by atoms with Crippen molar-refractivity contribution in [1.29, 1.82) is 0 Å². The van der Waals surface area contributed by atoms with Gasteiger partial charge in [-0.05, 0) is 53.4 Å². The van der Waals surface area contributed by atoms with Crippen LogP contribution in [0.25, 0.3) is 0 Å². The van der Waals surface area contributed by atoms with Gasteiger partial charge in [-0.3, -0.25) is 9.59 Å². The fourth-order valence-electron chi connectivity index (χ4n) is 3.26. The maximum Gasteiger partial charge on any atom is 0.310 e. The summed E-state index contributed by atoms with van der Waals surface area (Å²) < 4.78 is 6.40. The lowest BCUT2D eigenvalue weighted by atomic mass is 9.78. The van der Waals surface area contributed by atoms with Crippen molar-refractivity contribution >= 4 is 33.5 Å². The Kier molecular flexibility index (Phi) is 3.75. The van der Waals surface area contributed by atoms with Crippen LogP contribution < -0.4 is 5.32 Å². The molecular weight excluding hydrogens is 338 g/mol. The molecule has 2 N–H and O–H groups in total. The number of anilines is 1. The molecule has 4 atom stereocenters. The summed E-state index contributed by atoms with van der Waals surface area (Å²) in [6, 6.07) is 5.61. The number of hydrogen-bond acceptors (Lipinski definition) is 3. The first-order valence-electron chi connectivity index (χ1n) is 6.92. The first kappa shape index (κ1) is 14.5. The molecule has 0 aliphatic carbocycles. The number of hydrogen-bond donors (Lipinski definition) is 2. The van der Waals surface area contributed by atoms with Crippen LogP contribution in [0.5, 0.6) is 0 Å². The minimum Gasteiger partial charge on any atom is -0.481 e. The smallest absolute Gasteiger partial charge is 0.310 e. The molecule has 1 amide bonds. The van der Waals surface area contributed by atoms with Gasteiger partial charge in [0, 0.05) is 4.47 Å². The maximum atomic E-state index is 12.5. The Labute approximate surface area is 130 Å². The standard InChI is InChI=1S/C15H16BrNO4/c1-7-2-3-9(8(16)6-7)17-14(18)12-10-4-5-11(21-10)13(12)15(19)20/h2-3,6,10-13H,4-5H2,1H3,(H,17,18)(H,19,20)/t10-,11+,12+,13-/m0/s1. The number of rotatable bonds is 3. The number of fused-ring (bicyclic) bond motifs is 2. The Morgan fingerprint density at radius 2 is 1.95 bits per heavy atom. The number of carboxylic acids is 1. The Bertz CT molecular complexity index is 603. The van der Waals surface area contributed by atoms with Crippen LogP contribution in [0.4, 0.5) is 5.69 Å². The number of carbonyl (C=O) groups excluding carboxylic acids is 1. The number of halogens is 1. The third kappa shape index (κ3) is 2.58. The molecule has 2 fully saturated rings. The van der Waals surface area contributed by atoms with Gasteiger partial charge in [0.2, 0.25) is 5.91 Å². The predicted molar refractivity (Wildman–Crippen MR) is 80.0 cm³/mol. The number of carbonyl (C=O) groups is 2. The average molecular weight is 354 g/mol. The van der Waals surface area contributed by atoms with Crippen molar-refractivity contribution in [2.75, 3.05) is 5.32 Å². The van der Waals surface area contributed by atoms with Gasteiger partial charge in [-0.1, -0.05) is 6.07 Å². The topological polar surface area (TPSA) is 75.6 Å². The number of aliphatic carboxylic acids is 1. The van der Waals surface area contributed by atoms with E-state index < -0.39 is 17.8 Å². The predicted octanol–water partition coefficient (Wildman–Crippen LogP) is 2.57. The van der Waals surface area contributed by atoms with Crippen LogP contribution in [0.15, 0.2) is 22.7 Å². The van der Waals surface area contributed by atoms with Gasteiger partial charge in [-0.2, -0.15) is 0 Å². The number of ether oxygens (including phenoxy) is 1. The molecule has 2 bridgehead atoms. The minimum atomic E-state index is -0.953. The van der Waals surface area contributed by atoms with Crippen molar-refractivity contribution in [3.05, 3.63) is 28.2 Å². The van der Waals surface area contributed by atoms with E-state index in [2.05, 4.69) is 21.2 Å². The summed E-state index contributed by atoms with van der Waals surface area (Å²) in [6.07, 6.45) is 0.867. The van der Waals surface area contributed by atoms with Crippen LogP contribution >= 0.6 is 15.9 Å². The molecule has 2 saturated heterocycles. The van der Waals surface area contributed by atoms with Crippen molar-refractivity contribution in [3.63, 3.8) is 0 Å². The van der Waals surface area contributed by atoms with E-state index in [9.17, 15) is 14.7 Å². The first-order chi connectivity index (χ1) is 9.97. The highest BCUT2D eigenvalue weighted by molar-refractivity contribution is 9.10. The second-order valence-corrected chi connectivity index (χ2v) is 6.51.